The fourth-order valence-electron chi connectivity index (χ4n) is 4.16. The van der Waals surface area contributed by atoms with Crippen molar-refractivity contribution in [1.82, 2.24) is 10.2 Å². The van der Waals surface area contributed by atoms with E-state index in [1.54, 1.807) is 24.3 Å². The molecule has 2 aromatic carbocycles. The number of nitrogens with zero attached hydrogens (tertiary/aromatic N) is 1. The van der Waals surface area contributed by atoms with Gasteiger partial charge in [-0.1, -0.05) is 56.3 Å². The number of unbranched alkanes of at least 4 members (excludes halogenated alkanes) is 4. The van der Waals surface area contributed by atoms with Crippen molar-refractivity contribution in [1.29, 1.82) is 0 Å². The van der Waals surface area contributed by atoms with Gasteiger partial charge in [-0.25, -0.2) is 0 Å². The Kier molecular flexibility index (Phi) is 10.2. The summed E-state index contributed by atoms with van der Waals surface area (Å²) in [6.07, 6.45) is 7.02. The van der Waals surface area contributed by atoms with Gasteiger partial charge < -0.3 is 15.0 Å². The summed E-state index contributed by atoms with van der Waals surface area (Å²) in [4.78, 5) is 27.1. The third kappa shape index (κ3) is 8.17. The Morgan fingerprint density at radius 2 is 1.76 bits per heavy atom. The zero-order valence-electron chi connectivity index (χ0n) is 19.5. The SMILES string of the molecule is CCCCCCCC(=O)c1ccc(OCC(=O)N2CCNCC2Cc2ccc(Cl)cc2)cc1. The van der Waals surface area contributed by atoms with Crippen molar-refractivity contribution in [3.63, 3.8) is 0 Å². The van der Waals surface area contributed by atoms with E-state index in [1.165, 1.54) is 19.3 Å². The van der Waals surface area contributed by atoms with Crippen LogP contribution in [0.2, 0.25) is 5.02 Å². The summed E-state index contributed by atoms with van der Waals surface area (Å²) < 4.78 is 5.76. The van der Waals surface area contributed by atoms with E-state index in [4.69, 9.17) is 16.3 Å². The van der Waals surface area contributed by atoms with E-state index in [9.17, 15) is 9.59 Å². The Morgan fingerprint density at radius 1 is 1.03 bits per heavy atom. The van der Waals surface area contributed by atoms with Crippen LogP contribution in [0.3, 0.4) is 0 Å². The smallest absolute Gasteiger partial charge is 0.260 e. The highest BCUT2D eigenvalue weighted by Crippen LogP contribution is 2.17. The molecule has 1 aliphatic rings. The Morgan fingerprint density at radius 3 is 2.48 bits per heavy atom. The summed E-state index contributed by atoms with van der Waals surface area (Å²) in [5.74, 6) is 0.745. The lowest BCUT2D eigenvalue weighted by Gasteiger charge is -2.36. The fraction of sp³-hybridized carbons (Fsp3) is 0.481. The summed E-state index contributed by atoms with van der Waals surface area (Å²) in [6.45, 7) is 4.36. The van der Waals surface area contributed by atoms with Crippen LogP contribution in [0.5, 0.6) is 5.75 Å². The van der Waals surface area contributed by atoms with Crippen molar-refractivity contribution in [3.05, 3.63) is 64.7 Å². The fourth-order valence-corrected chi connectivity index (χ4v) is 4.29. The summed E-state index contributed by atoms with van der Waals surface area (Å²) >= 11 is 5.99. The molecule has 1 fully saturated rings. The van der Waals surface area contributed by atoms with Crippen LogP contribution in [0.4, 0.5) is 0 Å². The number of amides is 1. The number of carbonyl (C=O) groups excluding carboxylic acids is 2. The van der Waals surface area contributed by atoms with Gasteiger partial charge in [-0.3, -0.25) is 9.59 Å². The van der Waals surface area contributed by atoms with Crippen LogP contribution >= 0.6 is 11.6 Å². The minimum absolute atomic E-state index is 0.0121. The van der Waals surface area contributed by atoms with Crippen LogP contribution in [-0.4, -0.2) is 48.9 Å². The lowest BCUT2D eigenvalue weighted by Crippen LogP contribution is -2.55. The summed E-state index contributed by atoms with van der Waals surface area (Å²) in [6, 6.07) is 15.0. The van der Waals surface area contributed by atoms with Crippen molar-refractivity contribution in [2.75, 3.05) is 26.2 Å². The molecule has 0 spiro atoms. The molecule has 2 aromatic rings. The van der Waals surface area contributed by atoms with Crippen LogP contribution in [0.25, 0.3) is 0 Å². The lowest BCUT2D eigenvalue weighted by molar-refractivity contribution is -0.136. The Labute approximate surface area is 202 Å². The summed E-state index contributed by atoms with van der Waals surface area (Å²) in [7, 11) is 0. The van der Waals surface area contributed by atoms with Gasteiger partial charge in [0.25, 0.3) is 5.91 Å². The predicted molar refractivity (Wildman–Crippen MR) is 133 cm³/mol. The molecule has 0 radical (unpaired) electrons. The standard InChI is InChI=1S/C27H35ClN2O3/c1-2-3-4-5-6-7-26(31)22-10-14-25(15-11-22)33-20-27(32)30-17-16-29-19-24(30)18-21-8-12-23(28)13-9-21/h8-15,24,29H,2-7,16-20H2,1H3. The van der Waals surface area contributed by atoms with Crippen molar-refractivity contribution >= 4 is 23.3 Å². The molecular weight excluding hydrogens is 436 g/mol. The zero-order valence-corrected chi connectivity index (χ0v) is 20.3. The minimum atomic E-state index is -0.0253. The molecule has 0 aliphatic carbocycles. The number of ketones is 1. The minimum Gasteiger partial charge on any atom is -0.484 e. The van der Waals surface area contributed by atoms with Gasteiger partial charge in [0.15, 0.2) is 12.4 Å². The number of rotatable bonds is 12. The van der Waals surface area contributed by atoms with Crippen LogP contribution in [-0.2, 0) is 11.2 Å². The summed E-state index contributed by atoms with van der Waals surface area (Å²) in [5, 5.41) is 4.08. The van der Waals surface area contributed by atoms with Crippen LogP contribution < -0.4 is 10.1 Å². The van der Waals surface area contributed by atoms with Crippen LogP contribution in [0.1, 0.15) is 61.4 Å². The number of ether oxygens (including phenoxy) is 1. The largest absolute Gasteiger partial charge is 0.484 e. The first kappa shape index (κ1) is 25.3. The van der Waals surface area contributed by atoms with E-state index in [0.717, 1.165) is 37.9 Å². The van der Waals surface area contributed by atoms with Crippen molar-refractivity contribution < 1.29 is 14.3 Å². The molecule has 0 saturated carbocycles. The van der Waals surface area contributed by atoms with Gasteiger partial charge in [-0.15, -0.1) is 0 Å². The highest BCUT2D eigenvalue weighted by Gasteiger charge is 2.27. The maximum absolute atomic E-state index is 12.9. The summed E-state index contributed by atoms with van der Waals surface area (Å²) in [5.41, 5.74) is 1.85. The number of halogens is 1. The topological polar surface area (TPSA) is 58.6 Å². The second-order valence-electron chi connectivity index (χ2n) is 8.68. The third-order valence-corrected chi connectivity index (χ3v) is 6.35. The first-order chi connectivity index (χ1) is 16.1. The Bertz CT molecular complexity index is 883. The van der Waals surface area contributed by atoms with Crippen molar-refractivity contribution in [2.24, 2.45) is 0 Å². The maximum atomic E-state index is 12.9. The number of benzene rings is 2. The molecule has 0 aromatic heterocycles. The van der Waals surface area contributed by atoms with E-state index in [2.05, 4.69) is 12.2 Å². The number of hydrogen-bond acceptors (Lipinski definition) is 4. The molecular formula is C27H35ClN2O3. The molecule has 1 aliphatic heterocycles. The highest BCUT2D eigenvalue weighted by atomic mass is 35.5. The average Bonchev–Trinajstić information content (AvgIpc) is 2.84. The number of Topliss-reactive ketones (excluding diaryl/α,β-unsaturated/α-hetero) is 1. The molecule has 0 bridgehead atoms. The van der Waals surface area contributed by atoms with Gasteiger partial charge >= 0.3 is 0 Å². The molecule has 3 rings (SSSR count). The second kappa shape index (κ2) is 13.4. The molecule has 5 nitrogen and oxygen atoms in total. The van der Waals surface area contributed by atoms with E-state index >= 15 is 0 Å². The quantitative estimate of drug-likeness (QED) is 0.337. The molecule has 1 unspecified atom stereocenters. The molecule has 6 heteroatoms. The molecule has 1 N–H and O–H groups in total. The highest BCUT2D eigenvalue weighted by molar-refractivity contribution is 6.30. The number of piperazine rings is 1. The predicted octanol–water partition coefficient (Wildman–Crippen LogP) is 5.31. The van der Waals surface area contributed by atoms with Gasteiger partial charge in [0.1, 0.15) is 5.75 Å². The van der Waals surface area contributed by atoms with Crippen LogP contribution in [0.15, 0.2) is 48.5 Å². The average molecular weight is 471 g/mol. The molecule has 1 heterocycles. The van der Waals surface area contributed by atoms with Gasteiger partial charge in [0, 0.05) is 42.7 Å². The van der Waals surface area contributed by atoms with E-state index in [1.807, 2.05) is 29.2 Å². The first-order valence-electron chi connectivity index (χ1n) is 12.1. The molecule has 1 saturated heterocycles. The second-order valence-corrected chi connectivity index (χ2v) is 9.11. The van der Waals surface area contributed by atoms with Gasteiger partial charge in [-0.2, -0.15) is 0 Å². The zero-order chi connectivity index (χ0) is 23.5. The van der Waals surface area contributed by atoms with Crippen molar-refractivity contribution in [3.8, 4) is 5.75 Å². The van der Waals surface area contributed by atoms with Gasteiger partial charge in [0.2, 0.25) is 0 Å². The molecule has 178 valence electrons. The number of nitrogens with one attached hydrogen (secondary N) is 1. The third-order valence-electron chi connectivity index (χ3n) is 6.10. The Hall–Kier alpha value is -2.37. The van der Waals surface area contributed by atoms with Crippen LogP contribution in [0, 0.1) is 0 Å². The first-order valence-corrected chi connectivity index (χ1v) is 12.5. The normalized spacial score (nSPS) is 15.9. The van der Waals surface area contributed by atoms with Crippen molar-refractivity contribution in [2.45, 2.75) is 57.9 Å². The van der Waals surface area contributed by atoms with Gasteiger partial charge in [0.05, 0.1) is 0 Å². The molecule has 1 amide bonds. The van der Waals surface area contributed by atoms with Gasteiger partial charge in [-0.05, 0) is 54.8 Å². The molecule has 1 atom stereocenters. The van der Waals surface area contributed by atoms with E-state index in [-0.39, 0.29) is 24.3 Å². The van der Waals surface area contributed by atoms with E-state index < -0.39 is 0 Å². The molecule has 33 heavy (non-hydrogen) atoms. The Balaban J connectivity index is 1.47. The lowest BCUT2D eigenvalue weighted by atomic mass is 10.0. The maximum Gasteiger partial charge on any atom is 0.260 e. The van der Waals surface area contributed by atoms with E-state index in [0.29, 0.717) is 29.3 Å². The number of hydrogen-bond donors (Lipinski definition) is 1. The monoisotopic (exact) mass is 470 g/mol. The number of carbonyl (C=O) groups is 2.